The Bertz CT molecular complexity index is 1090. The van der Waals surface area contributed by atoms with Gasteiger partial charge in [0.25, 0.3) is 0 Å². The van der Waals surface area contributed by atoms with Gasteiger partial charge in [0.15, 0.2) is 0 Å². The molecule has 1 heterocycles. The molecule has 17 heteroatoms. The number of thiol groups is 2. The number of nitro benzene ring substituents is 1. The third-order valence-electron chi connectivity index (χ3n) is 4.19. The average Bonchev–Trinajstić information content (AvgIpc) is 2.99. The van der Waals surface area contributed by atoms with Crippen LogP contribution in [0.3, 0.4) is 0 Å². The number of hydrogen-bond acceptors (Lipinski definition) is 10. The molecule has 1 aromatic carbocycles. The molecule has 0 aliphatic carbocycles. The number of hydrogen-bond donors (Lipinski definition) is 4. The van der Waals surface area contributed by atoms with Crippen molar-refractivity contribution < 1.29 is 32.3 Å². The SMILES string of the molecule is [N-]=[N+]=Nc1cccc(NCCC(S)CC(=O)[SH](N2C(=O)CCC2=O)S(=O)(=O)O)c1[N+](=O)[O-]. The van der Waals surface area contributed by atoms with Crippen LogP contribution in [-0.2, 0) is 23.5 Å². The predicted octanol–water partition coefficient (Wildman–Crippen LogP) is 2.42. The van der Waals surface area contributed by atoms with Gasteiger partial charge >= 0.3 is 14.8 Å². The van der Waals surface area contributed by atoms with Gasteiger partial charge < -0.3 is 5.32 Å². The van der Waals surface area contributed by atoms with Crippen molar-refractivity contribution in [2.75, 3.05) is 11.9 Å². The highest BCUT2D eigenvalue weighted by Crippen LogP contribution is 2.43. The molecule has 14 nitrogen and oxygen atoms in total. The van der Waals surface area contributed by atoms with E-state index in [1.807, 2.05) is 0 Å². The van der Waals surface area contributed by atoms with Gasteiger partial charge in [0.2, 0.25) is 16.9 Å². The maximum absolute atomic E-state index is 12.5. The molecule has 1 aromatic rings. The number of nitrogens with one attached hydrogen (secondary N) is 1. The van der Waals surface area contributed by atoms with Crippen molar-refractivity contribution in [3.05, 3.63) is 38.8 Å². The summed E-state index contributed by atoms with van der Waals surface area (Å²) in [5, 5.41) is 15.5. The lowest BCUT2D eigenvalue weighted by Crippen LogP contribution is -2.33. The Morgan fingerprint density at radius 2 is 2.03 bits per heavy atom. The largest absolute Gasteiger partial charge is 0.379 e. The quantitative estimate of drug-likeness (QED) is 0.0421. The zero-order valence-corrected chi connectivity index (χ0v) is 18.8. The fourth-order valence-electron chi connectivity index (χ4n) is 2.86. The summed E-state index contributed by atoms with van der Waals surface area (Å²) in [4.78, 5) is 49.3. The summed E-state index contributed by atoms with van der Waals surface area (Å²) < 4.78 is 33.1. The van der Waals surface area contributed by atoms with E-state index in [-0.39, 0.29) is 37.2 Å². The monoisotopic (exact) mass is 506 g/mol. The van der Waals surface area contributed by atoms with Crippen LogP contribution < -0.4 is 5.32 Å². The summed E-state index contributed by atoms with van der Waals surface area (Å²) in [5.74, 6) is -1.70. The second kappa shape index (κ2) is 10.6. The predicted molar refractivity (Wildman–Crippen MR) is 119 cm³/mol. The molecular weight excluding hydrogens is 488 g/mol. The van der Waals surface area contributed by atoms with Crippen LogP contribution in [-0.4, -0.2) is 50.9 Å². The van der Waals surface area contributed by atoms with Gasteiger partial charge in [-0.3, -0.25) is 29.1 Å². The molecule has 0 saturated carbocycles. The summed E-state index contributed by atoms with van der Waals surface area (Å²) in [5.41, 5.74) is 7.95. The first-order valence-corrected chi connectivity index (χ1v) is 12.7. The second-order valence-corrected chi connectivity index (χ2v) is 11.9. The molecule has 0 spiro atoms. The van der Waals surface area contributed by atoms with Gasteiger partial charge in [-0.15, -0.1) is 0 Å². The van der Waals surface area contributed by atoms with Gasteiger partial charge in [0.1, 0.15) is 11.4 Å². The van der Waals surface area contributed by atoms with E-state index in [2.05, 4.69) is 28.0 Å². The third-order valence-corrected chi connectivity index (χ3v) is 8.90. The molecule has 0 bridgehead atoms. The Kier molecular flexibility index (Phi) is 8.45. The van der Waals surface area contributed by atoms with Crippen molar-refractivity contribution >= 4 is 65.9 Å². The van der Waals surface area contributed by atoms with E-state index in [1.54, 1.807) is 0 Å². The van der Waals surface area contributed by atoms with Gasteiger partial charge in [-0.25, -0.2) is 4.31 Å². The van der Waals surface area contributed by atoms with Crippen LogP contribution in [0.25, 0.3) is 10.4 Å². The van der Waals surface area contributed by atoms with E-state index < -0.39 is 58.5 Å². The summed E-state index contributed by atoms with van der Waals surface area (Å²) in [6.45, 7) is 0.0629. The van der Waals surface area contributed by atoms with Crippen molar-refractivity contribution in [2.45, 2.75) is 30.9 Å². The molecule has 1 fully saturated rings. The Labute approximate surface area is 189 Å². The van der Waals surface area contributed by atoms with Gasteiger partial charge in [-0.1, -0.05) is 11.2 Å². The van der Waals surface area contributed by atoms with E-state index in [1.165, 1.54) is 18.2 Å². The highest BCUT2D eigenvalue weighted by Gasteiger charge is 2.42. The number of rotatable bonds is 10. The van der Waals surface area contributed by atoms with Crippen molar-refractivity contribution in [1.29, 1.82) is 0 Å². The molecule has 1 saturated heterocycles. The van der Waals surface area contributed by atoms with Crippen LogP contribution in [0.1, 0.15) is 25.7 Å². The maximum Gasteiger partial charge on any atom is 0.322 e. The van der Waals surface area contributed by atoms with Crippen molar-refractivity contribution in [1.82, 2.24) is 4.31 Å². The third kappa shape index (κ3) is 6.10. The molecule has 2 atom stereocenters. The molecule has 174 valence electrons. The van der Waals surface area contributed by atoms with Crippen molar-refractivity contribution in [2.24, 2.45) is 5.11 Å². The van der Waals surface area contributed by atoms with E-state index >= 15 is 0 Å². The van der Waals surface area contributed by atoms with E-state index in [4.69, 9.17) is 5.53 Å². The maximum atomic E-state index is 12.5. The van der Waals surface area contributed by atoms with Crippen LogP contribution >= 0.6 is 22.7 Å². The van der Waals surface area contributed by atoms with Gasteiger partial charge in [0, 0.05) is 46.1 Å². The zero-order valence-electron chi connectivity index (χ0n) is 16.2. The van der Waals surface area contributed by atoms with Crippen LogP contribution in [0, 0.1) is 10.1 Å². The summed E-state index contributed by atoms with van der Waals surface area (Å²) in [7, 11) is -8.15. The number of para-hydroxylation sites is 1. The molecule has 2 N–H and O–H groups in total. The average molecular weight is 507 g/mol. The van der Waals surface area contributed by atoms with Crippen LogP contribution in [0.2, 0.25) is 0 Å². The molecule has 1 aliphatic rings. The Hall–Kier alpha value is -2.85. The lowest BCUT2D eigenvalue weighted by molar-refractivity contribution is -0.383. The van der Waals surface area contributed by atoms with Crippen LogP contribution in [0.5, 0.6) is 0 Å². The summed E-state index contributed by atoms with van der Waals surface area (Å²) in [6.07, 6.45) is -0.854. The number of benzene rings is 1. The van der Waals surface area contributed by atoms with Gasteiger partial charge in [-0.2, -0.15) is 21.0 Å². The van der Waals surface area contributed by atoms with Crippen molar-refractivity contribution in [3.8, 4) is 0 Å². The molecule has 2 rings (SSSR count). The number of azide groups is 1. The van der Waals surface area contributed by atoms with Crippen LogP contribution in [0.4, 0.5) is 17.1 Å². The minimum absolute atomic E-state index is 0.0557. The Morgan fingerprint density at radius 1 is 1.41 bits per heavy atom. The summed E-state index contributed by atoms with van der Waals surface area (Å²) in [6, 6.07) is 4.08. The van der Waals surface area contributed by atoms with Crippen molar-refractivity contribution in [3.63, 3.8) is 0 Å². The normalized spacial score (nSPS) is 16.3. The number of nitro groups is 1. The minimum Gasteiger partial charge on any atom is -0.379 e. The smallest absolute Gasteiger partial charge is 0.322 e. The Morgan fingerprint density at radius 3 is 2.56 bits per heavy atom. The number of nitrogens with zero attached hydrogens (tertiary/aromatic N) is 5. The number of anilines is 1. The number of imide groups is 1. The molecular formula is C15H18N6O8S3. The first-order valence-electron chi connectivity index (χ1n) is 8.88. The topological polar surface area (TPSA) is 213 Å². The van der Waals surface area contributed by atoms with E-state index in [9.17, 15) is 37.5 Å². The highest BCUT2D eigenvalue weighted by molar-refractivity contribution is 8.84. The van der Waals surface area contributed by atoms with E-state index in [0.717, 1.165) is 0 Å². The first kappa shape index (κ1) is 25.4. The van der Waals surface area contributed by atoms with Gasteiger partial charge in [0.05, 0.1) is 4.92 Å². The Balaban J connectivity index is 2.06. The fraction of sp³-hybridized carbons (Fsp3) is 0.400. The second-order valence-electron chi connectivity index (χ2n) is 6.41. The molecule has 0 aromatic heterocycles. The van der Waals surface area contributed by atoms with Crippen LogP contribution in [0.15, 0.2) is 23.3 Å². The lowest BCUT2D eigenvalue weighted by atomic mass is 10.2. The summed E-state index contributed by atoms with van der Waals surface area (Å²) >= 11 is 4.20. The minimum atomic E-state index is -5.01. The number of amides is 2. The van der Waals surface area contributed by atoms with E-state index in [0.29, 0.717) is 4.31 Å². The molecule has 32 heavy (non-hydrogen) atoms. The standard InChI is InChI=1S/C15H18N6O8S3/c16-19-18-11-3-1-2-10(15(11)21(25)26)17-7-6-9(30)8-14(24)31(32(27,28)29)20-12(22)4-5-13(20)23/h1-3,9,17,30-31H,4-8H2,(H,27,28,29). The first-order chi connectivity index (χ1) is 15.0. The number of carbonyl (C=O) groups excluding carboxylic acids is 3. The molecule has 1 aliphatic heterocycles. The number of carbonyl (C=O) groups is 3. The highest BCUT2D eigenvalue weighted by atomic mass is 33.2. The lowest BCUT2D eigenvalue weighted by Gasteiger charge is -2.26. The fourth-order valence-corrected chi connectivity index (χ4v) is 7.13. The molecule has 2 amide bonds. The molecule has 0 radical (unpaired) electrons. The van der Waals surface area contributed by atoms with Gasteiger partial charge in [-0.05, 0) is 24.1 Å². The molecule has 2 unspecified atom stereocenters. The zero-order chi connectivity index (χ0) is 24.1.